The zero-order chi connectivity index (χ0) is 21.9. The summed E-state index contributed by atoms with van der Waals surface area (Å²) in [5, 5.41) is 0.544. The van der Waals surface area contributed by atoms with Crippen molar-refractivity contribution in [3.8, 4) is 0 Å². The van der Waals surface area contributed by atoms with Crippen LogP contribution in [0.1, 0.15) is 0 Å². The molecule has 0 unspecified atom stereocenters. The number of aryl methyl sites for hydroxylation is 1. The Labute approximate surface area is 147 Å². The Balaban J connectivity index is 3.66. The van der Waals surface area contributed by atoms with Gasteiger partial charge in [-0.25, -0.2) is 18.2 Å². The van der Waals surface area contributed by atoms with Crippen LogP contribution in [-0.4, -0.2) is 49.9 Å². The highest BCUT2D eigenvalue weighted by Crippen LogP contribution is 2.54. The first-order valence-corrected chi connectivity index (χ1v) is 9.47. The number of sulfonamides is 2. The van der Waals surface area contributed by atoms with E-state index in [9.17, 15) is 56.3 Å². The number of aromatic nitrogens is 2. The van der Waals surface area contributed by atoms with E-state index in [-0.39, 0.29) is 16.0 Å². The Bertz CT molecular complexity index is 1000. The zero-order valence-corrected chi connectivity index (χ0v) is 14.6. The van der Waals surface area contributed by atoms with Gasteiger partial charge in [0.15, 0.2) is 0 Å². The zero-order valence-electron chi connectivity index (χ0n) is 12.2. The molecule has 27 heavy (non-hydrogen) atoms. The van der Waals surface area contributed by atoms with E-state index in [0.717, 1.165) is 0 Å². The molecule has 0 spiro atoms. The second-order valence-electron chi connectivity index (χ2n) is 4.55. The topological polar surface area (TPSA) is 124 Å². The molecule has 0 aliphatic heterocycles. The fraction of sp³-hybridized carbons (Fsp3) is 0.714. The largest absolute Gasteiger partial charge is 0.460 e. The van der Waals surface area contributed by atoms with Crippen LogP contribution in [0.3, 0.4) is 0 Å². The molecule has 0 saturated carbocycles. The number of hydrogen-bond acceptors (Lipinski definition) is 6. The summed E-state index contributed by atoms with van der Waals surface area (Å²) in [4.78, 5) is -1.38. The maximum Gasteiger partial charge on any atom is 0.460 e. The molecular weight excluding hydrogens is 471 g/mol. The molecule has 2 N–H and O–H groups in total. The Morgan fingerprint density at radius 3 is 1.74 bits per heavy atom. The van der Waals surface area contributed by atoms with Crippen molar-refractivity contribution in [2.45, 2.75) is 27.6 Å². The SMILES string of the molecule is Cn1nc(S(N)(=O)=O)sc1=NS(=O)(=O)C(F)(F)C(F)(F)C(F)(F)C(F)(F)F. The van der Waals surface area contributed by atoms with E-state index in [1.807, 2.05) is 4.40 Å². The van der Waals surface area contributed by atoms with Gasteiger partial charge in [-0.3, -0.25) is 0 Å². The van der Waals surface area contributed by atoms with Gasteiger partial charge in [0.2, 0.25) is 9.14 Å². The maximum atomic E-state index is 13.5. The van der Waals surface area contributed by atoms with E-state index in [1.54, 1.807) is 0 Å². The van der Waals surface area contributed by atoms with Gasteiger partial charge in [0.05, 0.1) is 0 Å². The molecule has 1 rings (SSSR count). The smallest absolute Gasteiger partial charge is 0.239 e. The van der Waals surface area contributed by atoms with Gasteiger partial charge in [-0.15, -0.1) is 9.50 Å². The van der Waals surface area contributed by atoms with Crippen LogP contribution in [0.2, 0.25) is 0 Å². The fourth-order valence-corrected chi connectivity index (χ4v) is 3.96. The van der Waals surface area contributed by atoms with Crippen molar-refractivity contribution in [2.75, 3.05) is 0 Å². The third kappa shape index (κ3) is 3.78. The molecule has 1 aromatic heterocycles. The highest BCUT2D eigenvalue weighted by Gasteiger charge is 2.85. The molecule has 0 amide bonds. The second-order valence-corrected chi connectivity index (χ2v) is 8.89. The van der Waals surface area contributed by atoms with E-state index >= 15 is 0 Å². The van der Waals surface area contributed by atoms with Gasteiger partial charge >= 0.3 is 33.3 Å². The van der Waals surface area contributed by atoms with Gasteiger partial charge in [0.25, 0.3) is 10.0 Å². The van der Waals surface area contributed by atoms with Gasteiger partial charge in [0.1, 0.15) is 0 Å². The normalized spacial score (nSPS) is 16.0. The third-order valence-electron chi connectivity index (χ3n) is 2.57. The summed E-state index contributed by atoms with van der Waals surface area (Å²) in [5.74, 6) is -14.9. The molecule has 0 bridgehead atoms. The minimum atomic E-state index is -7.47. The first kappa shape index (κ1) is 23.6. The van der Waals surface area contributed by atoms with Crippen LogP contribution in [0.5, 0.6) is 0 Å². The average molecular weight is 476 g/mol. The predicted octanol–water partition coefficient (Wildman–Crippen LogP) is 0.785. The second kappa shape index (κ2) is 6.30. The third-order valence-corrected chi connectivity index (χ3v) is 6.31. The molecule has 1 aromatic rings. The average Bonchev–Trinajstić information content (AvgIpc) is 2.77. The van der Waals surface area contributed by atoms with Crippen LogP contribution >= 0.6 is 11.3 Å². The standard InChI is InChI=1S/C7H5F9N4O4S3/c1-20-2(25-3(18-20)26(17,21)22)19-27(23,24)7(15,16)5(10,11)4(8,9)6(12,13)14/h1H3,(H2,17,21,22). The number of halogens is 9. The lowest BCUT2D eigenvalue weighted by molar-refractivity contribution is -0.382. The van der Waals surface area contributed by atoms with E-state index in [4.69, 9.17) is 0 Å². The summed E-state index contributed by atoms with van der Waals surface area (Å²) >= 11 is -0.362. The molecule has 0 radical (unpaired) electrons. The minimum Gasteiger partial charge on any atom is -0.239 e. The molecule has 0 atom stereocenters. The number of nitrogens with zero attached hydrogens (tertiary/aromatic N) is 3. The number of nitrogens with two attached hydrogens (primary N) is 1. The van der Waals surface area contributed by atoms with E-state index in [2.05, 4.69) is 10.2 Å². The lowest BCUT2D eigenvalue weighted by Crippen LogP contribution is -2.63. The van der Waals surface area contributed by atoms with Crippen LogP contribution in [0.25, 0.3) is 0 Å². The molecule has 8 nitrogen and oxygen atoms in total. The van der Waals surface area contributed by atoms with Crippen molar-refractivity contribution in [1.29, 1.82) is 0 Å². The molecule has 20 heteroatoms. The summed E-state index contributed by atoms with van der Waals surface area (Å²) in [5.41, 5.74) is 0. The lowest BCUT2D eigenvalue weighted by atomic mass is 10.1. The predicted molar refractivity (Wildman–Crippen MR) is 67.8 cm³/mol. The van der Waals surface area contributed by atoms with Gasteiger partial charge < -0.3 is 0 Å². The van der Waals surface area contributed by atoms with Crippen molar-refractivity contribution < 1.29 is 56.3 Å². The number of primary sulfonamides is 1. The molecule has 0 aliphatic carbocycles. The van der Waals surface area contributed by atoms with E-state index in [1.165, 1.54) is 0 Å². The summed E-state index contributed by atoms with van der Waals surface area (Å²) in [6.45, 7) is 0. The van der Waals surface area contributed by atoms with Crippen LogP contribution < -0.4 is 9.94 Å². The van der Waals surface area contributed by atoms with Crippen molar-refractivity contribution >= 4 is 31.4 Å². The van der Waals surface area contributed by atoms with Gasteiger partial charge in [0, 0.05) is 7.05 Å². The van der Waals surface area contributed by atoms with Gasteiger partial charge in [-0.05, 0) is 0 Å². The van der Waals surface area contributed by atoms with E-state index < -0.39 is 52.5 Å². The van der Waals surface area contributed by atoms with Crippen LogP contribution in [0, 0.1) is 0 Å². The summed E-state index contributed by atoms with van der Waals surface area (Å²) in [7, 11) is -11.1. The Morgan fingerprint density at radius 1 is 0.963 bits per heavy atom. The molecule has 0 saturated heterocycles. The Hall–Kier alpha value is -1.41. The summed E-state index contributed by atoms with van der Waals surface area (Å²) in [6.07, 6.45) is -7.23. The summed E-state index contributed by atoms with van der Waals surface area (Å²) in [6, 6.07) is 0. The van der Waals surface area contributed by atoms with Crippen molar-refractivity contribution in [1.82, 2.24) is 9.78 Å². The highest BCUT2D eigenvalue weighted by molar-refractivity contribution is 7.91. The van der Waals surface area contributed by atoms with Gasteiger partial charge in [-0.2, -0.15) is 47.9 Å². The fourth-order valence-electron chi connectivity index (χ4n) is 1.21. The first-order chi connectivity index (χ1) is 11.6. The summed E-state index contributed by atoms with van der Waals surface area (Å²) < 4.78 is 160. The molecule has 0 aromatic carbocycles. The quantitative estimate of drug-likeness (QED) is 0.630. The monoisotopic (exact) mass is 476 g/mol. The van der Waals surface area contributed by atoms with Gasteiger partial charge in [-0.1, -0.05) is 11.3 Å². The van der Waals surface area contributed by atoms with Crippen LogP contribution in [0.4, 0.5) is 39.5 Å². The first-order valence-electron chi connectivity index (χ1n) is 5.67. The number of rotatable bonds is 5. The van der Waals surface area contributed by atoms with Crippen molar-refractivity contribution in [3.05, 3.63) is 4.80 Å². The molecule has 0 fully saturated rings. The number of hydrogen-bond donors (Lipinski definition) is 1. The molecular formula is C7H5F9N4O4S3. The maximum absolute atomic E-state index is 13.5. The molecule has 0 aliphatic rings. The highest BCUT2D eigenvalue weighted by atomic mass is 32.2. The lowest BCUT2D eigenvalue weighted by Gasteiger charge is -2.31. The molecule has 158 valence electrons. The van der Waals surface area contributed by atoms with Crippen molar-refractivity contribution in [2.24, 2.45) is 16.6 Å². The van der Waals surface area contributed by atoms with Crippen LogP contribution in [-0.2, 0) is 27.1 Å². The Morgan fingerprint density at radius 2 is 1.41 bits per heavy atom. The minimum absolute atomic E-state index is 0.123. The number of alkyl halides is 9. The van der Waals surface area contributed by atoms with E-state index in [0.29, 0.717) is 7.05 Å². The van der Waals surface area contributed by atoms with Crippen LogP contribution in [0.15, 0.2) is 8.74 Å². The Kier molecular flexibility index (Phi) is 5.52. The molecule has 1 heterocycles. The van der Waals surface area contributed by atoms with Crippen molar-refractivity contribution in [3.63, 3.8) is 0 Å².